The molecular weight excluding hydrogens is 239 g/mol. The van der Waals surface area contributed by atoms with Crippen molar-refractivity contribution >= 4 is 12.0 Å². The number of halogens is 1. The summed E-state index contributed by atoms with van der Waals surface area (Å²) in [5, 5.41) is 8.60. The van der Waals surface area contributed by atoms with Crippen LogP contribution in [0.4, 0.5) is 4.39 Å². The highest BCUT2D eigenvalue weighted by molar-refractivity contribution is 5.86. The molecule has 0 unspecified atom stereocenters. The molecule has 0 heterocycles. The van der Waals surface area contributed by atoms with Crippen LogP contribution in [0.25, 0.3) is 6.08 Å². The summed E-state index contributed by atoms with van der Waals surface area (Å²) in [5.41, 5.74) is 0.579. The zero-order chi connectivity index (χ0) is 13.4. The van der Waals surface area contributed by atoms with Crippen molar-refractivity contribution in [2.24, 2.45) is 0 Å². The molecule has 0 saturated heterocycles. The van der Waals surface area contributed by atoms with Crippen molar-refractivity contribution in [1.29, 1.82) is 0 Å². The summed E-state index contributed by atoms with van der Waals surface area (Å²) in [4.78, 5) is 10.5. The smallest absolute Gasteiger partial charge is 0.328 e. The van der Waals surface area contributed by atoms with Crippen molar-refractivity contribution in [2.75, 3.05) is 20.4 Å². The molecule has 1 aromatic carbocycles. The lowest BCUT2D eigenvalue weighted by Crippen LogP contribution is -2.01. The van der Waals surface area contributed by atoms with Gasteiger partial charge in [-0.05, 0) is 12.1 Å². The van der Waals surface area contributed by atoms with E-state index >= 15 is 0 Å². The van der Waals surface area contributed by atoms with E-state index in [1.165, 1.54) is 13.2 Å². The minimum Gasteiger partial charge on any atom is -0.493 e. The molecule has 0 aliphatic heterocycles. The predicted octanol–water partition coefficient (Wildman–Crippen LogP) is 2.53. The molecule has 0 atom stereocenters. The second kappa shape index (κ2) is 7.32. The number of methoxy groups -OCH3 is 1. The van der Waals surface area contributed by atoms with Crippen molar-refractivity contribution in [3.63, 3.8) is 0 Å². The van der Waals surface area contributed by atoms with Gasteiger partial charge in [-0.1, -0.05) is 12.1 Å². The van der Waals surface area contributed by atoms with E-state index in [0.29, 0.717) is 17.1 Å². The Morgan fingerprint density at radius 3 is 2.89 bits per heavy atom. The first kappa shape index (κ1) is 14.0. The summed E-state index contributed by atoms with van der Waals surface area (Å²) >= 11 is 0. The van der Waals surface area contributed by atoms with Crippen LogP contribution in [0.5, 0.6) is 11.5 Å². The molecule has 0 bridgehead atoms. The van der Waals surface area contributed by atoms with E-state index in [9.17, 15) is 9.18 Å². The molecule has 0 saturated carbocycles. The van der Waals surface area contributed by atoms with Gasteiger partial charge in [-0.3, -0.25) is 4.39 Å². The molecular formula is C13H15FO4. The Bertz CT molecular complexity index is 429. The number of carboxylic acids is 1. The number of rotatable bonds is 7. The third kappa shape index (κ3) is 4.08. The SMILES string of the molecule is COc1cccc(/C=C/C(=O)O)c1OCCCF. The van der Waals surface area contributed by atoms with Gasteiger partial charge in [0.2, 0.25) is 0 Å². The van der Waals surface area contributed by atoms with Gasteiger partial charge < -0.3 is 14.6 Å². The highest BCUT2D eigenvalue weighted by atomic mass is 19.1. The van der Waals surface area contributed by atoms with E-state index in [-0.39, 0.29) is 13.0 Å². The van der Waals surface area contributed by atoms with Crippen LogP contribution in [-0.4, -0.2) is 31.5 Å². The lowest BCUT2D eigenvalue weighted by molar-refractivity contribution is -0.131. The Balaban J connectivity index is 2.96. The molecule has 0 aliphatic rings. The topological polar surface area (TPSA) is 55.8 Å². The average molecular weight is 254 g/mol. The van der Waals surface area contributed by atoms with Crippen LogP contribution >= 0.6 is 0 Å². The summed E-state index contributed by atoms with van der Waals surface area (Å²) in [5.74, 6) is -0.139. The van der Waals surface area contributed by atoms with Crippen LogP contribution in [0.3, 0.4) is 0 Å². The number of benzene rings is 1. The van der Waals surface area contributed by atoms with E-state index in [1.54, 1.807) is 18.2 Å². The van der Waals surface area contributed by atoms with E-state index < -0.39 is 12.6 Å². The van der Waals surface area contributed by atoms with E-state index in [1.807, 2.05) is 0 Å². The predicted molar refractivity (Wildman–Crippen MR) is 65.8 cm³/mol. The lowest BCUT2D eigenvalue weighted by Gasteiger charge is -2.12. The van der Waals surface area contributed by atoms with Crippen LogP contribution in [-0.2, 0) is 4.79 Å². The number of para-hydroxylation sites is 1. The fourth-order valence-electron chi connectivity index (χ4n) is 1.37. The molecule has 1 N–H and O–H groups in total. The molecule has 4 nitrogen and oxygen atoms in total. The third-order valence-electron chi connectivity index (χ3n) is 2.16. The first-order valence-corrected chi connectivity index (χ1v) is 5.45. The van der Waals surface area contributed by atoms with Crippen molar-refractivity contribution in [3.8, 4) is 11.5 Å². The standard InChI is InChI=1S/C13H15FO4/c1-17-11-5-2-4-10(6-7-12(15)16)13(11)18-9-3-8-14/h2,4-7H,3,8-9H2,1H3,(H,15,16)/b7-6+. The number of aliphatic carboxylic acids is 1. The Hall–Kier alpha value is -2.04. The molecule has 0 amide bonds. The van der Waals surface area contributed by atoms with E-state index in [2.05, 4.69) is 0 Å². The summed E-state index contributed by atoms with van der Waals surface area (Å²) in [6.45, 7) is -0.250. The zero-order valence-electron chi connectivity index (χ0n) is 10.1. The molecule has 1 aromatic rings. The highest BCUT2D eigenvalue weighted by Crippen LogP contribution is 2.32. The molecule has 18 heavy (non-hydrogen) atoms. The van der Waals surface area contributed by atoms with Crippen LogP contribution in [0.2, 0.25) is 0 Å². The van der Waals surface area contributed by atoms with E-state index in [0.717, 1.165) is 6.08 Å². The van der Waals surface area contributed by atoms with Gasteiger partial charge in [0.15, 0.2) is 11.5 Å². The Morgan fingerprint density at radius 2 is 2.28 bits per heavy atom. The average Bonchev–Trinajstić information content (AvgIpc) is 2.37. The number of hydrogen-bond donors (Lipinski definition) is 1. The Morgan fingerprint density at radius 1 is 1.50 bits per heavy atom. The number of carboxylic acid groups (broad SMARTS) is 1. The quantitative estimate of drug-likeness (QED) is 0.600. The Kier molecular flexibility index (Phi) is 5.70. The molecule has 0 fully saturated rings. The van der Waals surface area contributed by atoms with Crippen molar-refractivity contribution in [2.45, 2.75) is 6.42 Å². The van der Waals surface area contributed by atoms with Gasteiger partial charge in [0, 0.05) is 18.1 Å². The number of carbonyl (C=O) groups is 1. The van der Waals surface area contributed by atoms with Gasteiger partial charge in [0.1, 0.15) is 0 Å². The van der Waals surface area contributed by atoms with Crippen LogP contribution in [0.1, 0.15) is 12.0 Å². The van der Waals surface area contributed by atoms with Gasteiger partial charge in [-0.15, -0.1) is 0 Å². The lowest BCUT2D eigenvalue weighted by atomic mass is 10.1. The molecule has 0 aliphatic carbocycles. The van der Waals surface area contributed by atoms with Crippen LogP contribution in [0, 0.1) is 0 Å². The van der Waals surface area contributed by atoms with Crippen molar-refractivity contribution < 1.29 is 23.8 Å². The Labute approximate surface area is 105 Å². The summed E-state index contributed by atoms with van der Waals surface area (Å²) in [6, 6.07) is 5.12. The second-order valence-corrected chi connectivity index (χ2v) is 3.44. The third-order valence-corrected chi connectivity index (χ3v) is 2.16. The molecule has 0 radical (unpaired) electrons. The highest BCUT2D eigenvalue weighted by Gasteiger charge is 2.08. The summed E-state index contributed by atoms with van der Waals surface area (Å²) < 4.78 is 22.6. The van der Waals surface area contributed by atoms with Gasteiger partial charge in [-0.2, -0.15) is 0 Å². The van der Waals surface area contributed by atoms with Crippen molar-refractivity contribution in [1.82, 2.24) is 0 Å². The largest absolute Gasteiger partial charge is 0.493 e. The van der Waals surface area contributed by atoms with Crippen LogP contribution < -0.4 is 9.47 Å². The number of ether oxygens (including phenoxy) is 2. The van der Waals surface area contributed by atoms with Gasteiger partial charge in [0.25, 0.3) is 0 Å². The first-order chi connectivity index (χ1) is 8.69. The maximum Gasteiger partial charge on any atom is 0.328 e. The van der Waals surface area contributed by atoms with Crippen LogP contribution in [0.15, 0.2) is 24.3 Å². The maximum atomic E-state index is 12.0. The molecule has 5 heteroatoms. The minimum atomic E-state index is -1.05. The number of hydrogen-bond acceptors (Lipinski definition) is 3. The molecule has 0 spiro atoms. The van der Waals surface area contributed by atoms with Gasteiger partial charge in [0.05, 0.1) is 20.4 Å². The normalized spacial score (nSPS) is 10.6. The number of alkyl halides is 1. The minimum absolute atomic E-state index is 0.213. The first-order valence-electron chi connectivity index (χ1n) is 5.45. The van der Waals surface area contributed by atoms with Gasteiger partial charge in [-0.25, -0.2) is 4.79 Å². The fourth-order valence-corrected chi connectivity index (χ4v) is 1.37. The van der Waals surface area contributed by atoms with Crippen molar-refractivity contribution in [3.05, 3.63) is 29.8 Å². The van der Waals surface area contributed by atoms with Gasteiger partial charge >= 0.3 is 5.97 Å². The monoisotopic (exact) mass is 254 g/mol. The maximum absolute atomic E-state index is 12.0. The molecule has 1 rings (SSSR count). The summed E-state index contributed by atoms with van der Waals surface area (Å²) in [6.07, 6.45) is 2.70. The summed E-state index contributed by atoms with van der Waals surface area (Å²) in [7, 11) is 1.49. The molecule has 98 valence electrons. The second-order valence-electron chi connectivity index (χ2n) is 3.44. The zero-order valence-corrected chi connectivity index (χ0v) is 10.1. The molecule has 0 aromatic heterocycles. The fraction of sp³-hybridized carbons (Fsp3) is 0.308. The van der Waals surface area contributed by atoms with E-state index in [4.69, 9.17) is 14.6 Å².